The van der Waals surface area contributed by atoms with E-state index in [2.05, 4.69) is 59.5 Å². The molecule has 19 heavy (non-hydrogen) atoms. The summed E-state index contributed by atoms with van der Waals surface area (Å²) >= 11 is 0. The molecule has 0 radical (unpaired) electrons. The quantitative estimate of drug-likeness (QED) is 0.582. The summed E-state index contributed by atoms with van der Waals surface area (Å²) in [5.74, 6) is 0. The van der Waals surface area contributed by atoms with E-state index in [1.54, 1.807) is 6.33 Å². The van der Waals surface area contributed by atoms with Gasteiger partial charge in [-0.1, -0.05) is 43.4 Å². The van der Waals surface area contributed by atoms with Crippen LogP contribution < -0.4 is 10.4 Å². The molecular formula is C16H14N2Si. The topological polar surface area (TPSA) is 25.8 Å². The summed E-state index contributed by atoms with van der Waals surface area (Å²) in [6.45, 7) is 4.85. The molecule has 92 valence electrons. The van der Waals surface area contributed by atoms with Crippen LogP contribution in [0.25, 0.3) is 22.0 Å². The van der Waals surface area contributed by atoms with Gasteiger partial charge >= 0.3 is 0 Å². The van der Waals surface area contributed by atoms with Crippen LogP contribution in [-0.4, -0.2) is 18.0 Å². The number of hydrogen-bond donors (Lipinski definition) is 0. The van der Waals surface area contributed by atoms with Crippen LogP contribution in [0.1, 0.15) is 0 Å². The Balaban J connectivity index is 2.22. The molecule has 0 N–H and O–H groups in total. The maximum atomic E-state index is 4.38. The lowest BCUT2D eigenvalue weighted by atomic mass is 10.0. The molecule has 0 amide bonds. The molecule has 0 fully saturated rings. The van der Waals surface area contributed by atoms with E-state index in [0.717, 1.165) is 5.52 Å². The largest absolute Gasteiger partial charge is 0.244 e. The molecule has 0 saturated heterocycles. The zero-order valence-corrected chi connectivity index (χ0v) is 12.0. The van der Waals surface area contributed by atoms with Crippen molar-refractivity contribution in [1.29, 1.82) is 0 Å². The zero-order valence-electron chi connectivity index (χ0n) is 11.0. The van der Waals surface area contributed by atoms with Crippen LogP contribution in [0.15, 0.2) is 48.9 Å². The predicted octanol–water partition coefficient (Wildman–Crippen LogP) is 2.43. The van der Waals surface area contributed by atoms with Crippen molar-refractivity contribution in [2.75, 3.05) is 0 Å². The van der Waals surface area contributed by atoms with Gasteiger partial charge in [0.1, 0.15) is 14.4 Å². The Kier molecular flexibility index (Phi) is 2.01. The SMILES string of the molecule is C[Si]1(C)c2ccccc2-c2c1ccc1ncncc21. The van der Waals surface area contributed by atoms with Gasteiger partial charge in [-0.15, -0.1) is 0 Å². The van der Waals surface area contributed by atoms with Gasteiger partial charge in [0.2, 0.25) is 0 Å². The summed E-state index contributed by atoms with van der Waals surface area (Å²) < 4.78 is 0. The number of rotatable bonds is 0. The highest BCUT2D eigenvalue weighted by Crippen LogP contribution is 2.32. The molecule has 3 aromatic rings. The van der Waals surface area contributed by atoms with Crippen molar-refractivity contribution >= 4 is 29.4 Å². The first kappa shape index (κ1) is 10.9. The Morgan fingerprint density at radius 3 is 2.68 bits per heavy atom. The number of aromatic nitrogens is 2. The molecule has 3 heteroatoms. The van der Waals surface area contributed by atoms with E-state index in [1.165, 1.54) is 26.9 Å². The highest BCUT2D eigenvalue weighted by atomic mass is 28.3. The van der Waals surface area contributed by atoms with Crippen molar-refractivity contribution in [3.8, 4) is 11.1 Å². The Morgan fingerprint density at radius 2 is 1.79 bits per heavy atom. The van der Waals surface area contributed by atoms with Gasteiger partial charge in [0.05, 0.1) is 5.52 Å². The highest BCUT2D eigenvalue weighted by molar-refractivity contribution is 7.04. The van der Waals surface area contributed by atoms with Crippen molar-refractivity contribution in [2.45, 2.75) is 13.1 Å². The maximum absolute atomic E-state index is 4.38. The minimum Gasteiger partial charge on any atom is -0.244 e. The molecular weight excluding hydrogens is 248 g/mol. The lowest BCUT2D eigenvalue weighted by molar-refractivity contribution is 1.22. The number of fused-ring (bicyclic) bond motifs is 5. The van der Waals surface area contributed by atoms with Gasteiger partial charge in [0.15, 0.2) is 0 Å². The standard InChI is InChI=1S/C16H14N2Si/c1-19(2)14-6-4-3-5-11(14)16-12-9-17-10-18-13(12)7-8-15(16)19/h3-10H,1-2H3. The molecule has 0 saturated carbocycles. The summed E-state index contributed by atoms with van der Waals surface area (Å²) in [4.78, 5) is 8.60. The van der Waals surface area contributed by atoms with Crippen LogP contribution in [-0.2, 0) is 0 Å². The minimum absolute atomic E-state index is 1.04. The normalized spacial score (nSPS) is 15.3. The maximum Gasteiger partial charge on any atom is 0.116 e. The first-order valence-electron chi connectivity index (χ1n) is 6.52. The monoisotopic (exact) mass is 262 g/mol. The van der Waals surface area contributed by atoms with Gasteiger partial charge in [-0.3, -0.25) is 0 Å². The van der Waals surface area contributed by atoms with Gasteiger partial charge in [-0.25, -0.2) is 9.97 Å². The number of hydrogen-bond acceptors (Lipinski definition) is 2. The van der Waals surface area contributed by atoms with E-state index in [4.69, 9.17) is 0 Å². The molecule has 1 aliphatic rings. The molecule has 1 aliphatic heterocycles. The third kappa shape index (κ3) is 1.31. The Hall–Kier alpha value is -2.00. The molecule has 0 atom stereocenters. The molecule has 0 spiro atoms. The van der Waals surface area contributed by atoms with Gasteiger partial charge in [-0.2, -0.15) is 0 Å². The molecule has 0 bridgehead atoms. The first-order chi connectivity index (χ1) is 9.19. The second-order valence-corrected chi connectivity index (χ2v) is 9.94. The van der Waals surface area contributed by atoms with Crippen LogP contribution >= 0.6 is 0 Å². The number of benzene rings is 2. The summed E-state index contributed by atoms with van der Waals surface area (Å²) in [6.07, 6.45) is 3.58. The van der Waals surface area contributed by atoms with E-state index >= 15 is 0 Å². The Bertz CT molecular complexity index is 809. The minimum atomic E-state index is -1.55. The highest BCUT2D eigenvalue weighted by Gasteiger charge is 2.37. The van der Waals surface area contributed by atoms with E-state index < -0.39 is 8.07 Å². The van der Waals surface area contributed by atoms with Crippen molar-refractivity contribution in [3.63, 3.8) is 0 Å². The molecule has 0 aliphatic carbocycles. The fourth-order valence-corrected chi connectivity index (χ4v) is 6.34. The predicted molar refractivity (Wildman–Crippen MR) is 81.7 cm³/mol. The van der Waals surface area contributed by atoms with Crippen LogP contribution in [0, 0.1) is 0 Å². The van der Waals surface area contributed by atoms with Crippen LogP contribution in [0.3, 0.4) is 0 Å². The second-order valence-electron chi connectivity index (χ2n) is 5.61. The average molecular weight is 262 g/mol. The molecule has 2 nitrogen and oxygen atoms in total. The third-order valence-electron chi connectivity index (χ3n) is 4.23. The van der Waals surface area contributed by atoms with E-state index in [1.807, 2.05) is 6.20 Å². The fourth-order valence-electron chi connectivity index (χ4n) is 3.26. The summed E-state index contributed by atoms with van der Waals surface area (Å²) in [5, 5.41) is 4.22. The Labute approximate surface area is 113 Å². The van der Waals surface area contributed by atoms with Crippen molar-refractivity contribution in [1.82, 2.24) is 9.97 Å². The van der Waals surface area contributed by atoms with E-state index in [-0.39, 0.29) is 0 Å². The summed E-state index contributed by atoms with van der Waals surface area (Å²) in [5.41, 5.74) is 3.79. The molecule has 2 aromatic carbocycles. The van der Waals surface area contributed by atoms with Crippen molar-refractivity contribution < 1.29 is 0 Å². The molecule has 1 aromatic heterocycles. The van der Waals surface area contributed by atoms with Crippen LogP contribution in [0.2, 0.25) is 13.1 Å². The van der Waals surface area contributed by atoms with Crippen molar-refractivity contribution in [2.24, 2.45) is 0 Å². The summed E-state index contributed by atoms with van der Waals surface area (Å²) in [6, 6.07) is 13.2. The summed E-state index contributed by atoms with van der Waals surface area (Å²) in [7, 11) is -1.55. The average Bonchev–Trinajstić information content (AvgIpc) is 2.68. The Morgan fingerprint density at radius 1 is 0.947 bits per heavy atom. The zero-order chi connectivity index (χ0) is 13.0. The smallest absolute Gasteiger partial charge is 0.116 e. The van der Waals surface area contributed by atoms with E-state index in [9.17, 15) is 0 Å². The fraction of sp³-hybridized carbons (Fsp3) is 0.125. The van der Waals surface area contributed by atoms with Crippen molar-refractivity contribution in [3.05, 3.63) is 48.9 Å². The lowest BCUT2D eigenvalue weighted by Crippen LogP contribution is -2.49. The van der Waals surface area contributed by atoms with Gasteiger partial charge in [0, 0.05) is 11.6 Å². The van der Waals surface area contributed by atoms with Crippen LogP contribution in [0.5, 0.6) is 0 Å². The first-order valence-corrected chi connectivity index (χ1v) is 9.52. The van der Waals surface area contributed by atoms with Gasteiger partial charge in [-0.05, 0) is 27.6 Å². The number of nitrogens with zero attached hydrogens (tertiary/aromatic N) is 2. The third-order valence-corrected chi connectivity index (χ3v) is 7.78. The van der Waals surface area contributed by atoms with Gasteiger partial charge in [0.25, 0.3) is 0 Å². The molecule has 4 rings (SSSR count). The van der Waals surface area contributed by atoms with Gasteiger partial charge < -0.3 is 0 Å². The molecule has 0 unspecified atom stereocenters. The molecule has 2 heterocycles. The van der Waals surface area contributed by atoms with E-state index in [0.29, 0.717) is 0 Å². The second kappa shape index (κ2) is 3.51. The lowest BCUT2D eigenvalue weighted by Gasteiger charge is -2.18. The van der Waals surface area contributed by atoms with Crippen LogP contribution in [0.4, 0.5) is 0 Å².